The molecule has 1 aliphatic heterocycles. The van der Waals surface area contributed by atoms with Crippen LogP contribution >= 0.6 is 0 Å². The maximum Gasteiger partial charge on any atom is 0.320 e. The highest BCUT2D eigenvalue weighted by molar-refractivity contribution is 5.73. The van der Waals surface area contributed by atoms with Gasteiger partial charge in [0.1, 0.15) is 6.04 Å². The van der Waals surface area contributed by atoms with Gasteiger partial charge in [0.25, 0.3) is 5.69 Å². The SMILES string of the molecule is O=C(O)C1CCCN1Cc1cccc([N+](=O)[O-])c1. The van der Waals surface area contributed by atoms with Crippen molar-refractivity contribution in [3.63, 3.8) is 0 Å². The number of non-ortho nitro benzene ring substituents is 1. The molecule has 96 valence electrons. The van der Waals surface area contributed by atoms with Gasteiger partial charge in [-0.15, -0.1) is 0 Å². The van der Waals surface area contributed by atoms with Gasteiger partial charge in [-0.1, -0.05) is 12.1 Å². The smallest absolute Gasteiger partial charge is 0.320 e. The quantitative estimate of drug-likeness (QED) is 0.648. The van der Waals surface area contributed by atoms with E-state index in [2.05, 4.69) is 0 Å². The number of nitro benzene ring substituents is 1. The highest BCUT2D eigenvalue weighted by Crippen LogP contribution is 2.22. The molecular formula is C12H14N2O4. The van der Waals surface area contributed by atoms with Crippen LogP contribution in [0.2, 0.25) is 0 Å². The van der Waals surface area contributed by atoms with E-state index in [0.29, 0.717) is 13.0 Å². The molecule has 1 aromatic rings. The summed E-state index contributed by atoms with van der Waals surface area (Å²) in [4.78, 5) is 23.1. The molecule has 0 spiro atoms. The van der Waals surface area contributed by atoms with Crippen molar-refractivity contribution in [3.05, 3.63) is 39.9 Å². The standard InChI is InChI=1S/C12H14N2O4/c15-12(16)11-5-2-6-13(11)8-9-3-1-4-10(7-9)14(17)18/h1,3-4,7,11H,2,5-6,8H2,(H,15,16). The van der Waals surface area contributed by atoms with Crippen LogP contribution in [0, 0.1) is 10.1 Å². The van der Waals surface area contributed by atoms with Gasteiger partial charge in [-0.25, -0.2) is 0 Å². The molecule has 6 heteroatoms. The lowest BCUT2D eigenvalue weighted by Gasteiger charge is -2.20. The number of hydrogen-bond acceptors (Lipinski definition) is 4. The first-order valence-corrected chi connectivity index (χ1v) is 5.78. The van der Waals surface area contributed by atoms with Crippen LogP contribution in [0.1, 0.15) is 18.4 Å². The molecule has 1 fully saturated rings. The van der Waals surface area contributed by atoms with Crippen LogP contribution in [0.4, 0.5) is 5.69 Å². The molecule has 1 unspecified atom stereocenters. The summed E-state index contributed by atoms with van der Waals surface area (Å²) in [6.07, 6.45) is 1.50. The van der Waals surface area contributed by atoms with Gasteiger partial charge in [0.2, 0.25) is 0 Å². The van der Waals surface area contributed by atoms with Crippen molar-refractivity contribution in [1.82, 2.24) is 4.90 Å². The summed E-state index contributed by atoms with van der Waals surface area (Å²) in [6.45, 7) is 1.16. The minimum absolute atomic E-state index is 0.0403. The molecule has 1 atom stereocenters. The monoisotopic (exact) mass is 250 g/mol. The number of benzene rings is 1. The number of likely N-dealkylation sites (tertiary alicyclic amines) is 1. The number of rotatable bonds is 4. The average molecular weight is 250 g/mol. The van der Waals surface area contributed by atoms with Gasteiger partial charge < -0.3 is 5.11 Å². The fraction of sp³-hybridized carbons (Fsp3) is 0.417. The number of carboxylic acids is 1. The maximum absolute atomic E-state index is 11.0. The number of hydrogen-bond donors (Lipinski definition) is 1. The molecule has 18 heavy (non-hydrogen) atoms. The normalized spacial score (nSPS) is 19.9. The minimum atomic E-state index is -0.821. The van der Waals surface area contributed by atoms with Gasteiger partial charge in [-0.3, -0.25) is 19.8 Å². The fourth-order valence-electron chi connectivity index (χ4n) is 2.30. The maximum atomic E-state index is 11.0. The molecule has 2 rings (SSSR count). The number of nitrogens with zero attached hydrogens (tertiary/aromatic N) is 2. The Hall–Kier alpha value is -1.95. The third kappa shape index (κ3) is 2.65. The predicted octanol–water partition coefficient (Wildman–Crippen LogP) is 1.64. The molecule has 1 aliphatic rings. The van der Waals surface area contributed by atoms with Crippen LogP contribution in [-0.2, 0) is 11.3 Å². The van der Waals surface area contributed by atoms with Gasteiger partial charge >= 0.3 is 5.97 Å². The third-order valence-electron chi connectivity index (χ3n) is 3.16. The lowest BCUT2D eigenvalue weighted by molar-refractivity contribution is -0.384. The molecule has 6 nitrogen and oxygen atoms in total. The van der Waals surface area contributed by atoms with E-state index >= 15 is 0 Å². The Balaban J connectivity index is 2.11. The van der Waals surface area contributed by atoms with Gasteiger partial charge in [-0.05, 0) is 24.9 Å². The summed E-state index contributed by atoms with van der Waals surface area (Å²) in [6, 6.07) is 5.87. The second-order valence-electron chi connectivity index (χ2n) is 4.39. The number of nitro groups is 1. The van der Waals surface area contributed by atoms with Crippen LogP contribution < -0.4 is 0 Å². The molecule has 0 saturated carbocycles. The summed E-state index contributed by atoms with van der Waals surface area (Å²) < 4.78 is 0. The first kappa shape index (κ1) is 12.5. The molecular weight excluding hydrogens is 236 g/mol. The summed E-state index contributed by atoms with van der Waals surface area (Å²) in [5.41, 5.74) is 0.816. The second-order valence-corrected chi connectivity index (χ2v) is 4.39. The second kappa shape index (κ2) is 5.14. The van der Waals surface area contributed by atoms with E-state index < -0.39 is 16.9 Å². The van der Waals surface area contributed by atoms with Crippen molar-refractivity contribution in [2.45, 2.75) is 25.4 Å². The molecule has 0 amide bonds. The summed E-state index contributed by atoms with van der Waals surface area (Å²) in [7, 11) is 0. The van der Waals surface area contributed by atoms with Crippen molar-refractivity contribution in [2.75, 3.05) is 6.54 Å². The van der Waals surface area contributed by atoms with E-state index in [1.165, 1.54) is 12.1 Å². The number of carbonyl (C=O) groups is 1. The molecule has 1 saturated heterocycles. The van der Waals surface area contributed by atoms with Crippen LogP contribution in [0.25, 0.3) is 0 Å². The first-order chi connectivity index (χ1) is 8.58. The van der Waals surface area contributed by atoms with E-state index in [0.717, 1.165) is 18.5 Å². The molecule has 0 bridgehead atoms. The Morgan fingerprint density at radius 2 is 2.33 bits per heavy atom. The van der Waals surface area contributed by atoms with Crippen LogP contribution in [0.3, 0.4) is 0 Å². The predicted molar refractivity (Wildman–Crippen MR) is 64.2 cm³/mol. The summed E-state index contributed by atoms with van der Waals surface area (Å²) in [5.74, 6) is -0.821. The van der Waals surface area contributed by atoms with Crippen molar-refractivity contribution in [2.24, 2.45) is 0 Å². The van der Waals surface area contributed by atoms with Crippen molar-refractivity contribution in [3.8, 4) is 0 Å². The largest absolute Gasteiger partial charge is 0.480 e. The van der Waals surface area contributed by atoms with E-state index in [-0.39, 0.29) is 5.69 Å². The van der Waals surface area contributed by atoms with Crippen molar-refractivity contribution in [1.29, 1.82) is 0 Å². The van der Waals surface area contributed by atoms with E-state index in [9.17, 15) is 14.9 Å². The zero-order chi connectivity index (χ0) is 13.1. The van der Waals surface area contributed by atoms with E-state index in [1.807, 2.05) is 4.90 Å². The zero-order valence-corrected chi connectivity index (χ0v) is 9.78. The Labute approximate surface area is 104 Å². The van der Waals surface area contributed by atoms with E-state index in [1.54, 1.807) is 12.1 Å². The number of aliphatic carboxylic acids is 1. The summed E-state index contributed by atoms with van der Waals surface area (Å²) >= 11 is 0. The van der Waals surface area contributed by atoms with Crippen molar-refractivity contribution >= 4 is 11.7 Å². The Morgan fingerprint density at radius 3 is 3.00 bits per heavy atom. The minimum Gasteiger partial charge on any atom is -0.480 e. The van der Waals surface area contributed by atoms with Gasteiger partial charge in [0, 0.05) is 18.7 Å². The molecule has 0 aromatic heterocycles. The van der Waals surface area contributed by atoms with Gasteiger partial charge in [0.15, 0.2) is 0 Å². The third-order valence-corrected chi connectivity index (χ3v) is 3.16. The lowest BCUT2D eigenvalue weighted by Crippen LogP contribution is -2.35. The highest BCUT2D eigenvalue weighted by atomic mass is 16.6. The lowest BCUT2D eigenvalue weighted by atomic mass is 10.1. The topological polar surface area (TPSA) is 83.7 Å². The highest BCUT2D eigenvalue weighted by Gasteiger charge is 2.30. The molecule has 1 aromatic carbocycles. The van der Waals surface area contributed by atoms with Gasteiger partial charge in [-0.2, -0.15) is 0 Å². The number of carboxylic acid groups (broad SMARTS) is 1. The molecule has 1 N–H and O–H groups in total. The Kier molecular flexibility index (Phi) is 3.57. The van der Waals surface area contributed by atoms with Gasteiger partial charge in [0.05, 0.1) is 4.92 Å². The Bertz CT molecular complexity index is 475. The Morgan fingerprint density at radius 1 is 1.56 bits per heavy atom. The average Bonchev–Trinajstić information content (AvgIpc) is 2.77. The molecule has 1 heterocycles. The van der Waals surface area contributed by atoms with Crippen LogP contribution in [-0.4, -0.2) is 33.5 Å². The first-order valence-electron chi connectivity index (χ1n) is 5.78. The van der Waals surface area contributed by atoms with Crippen LogP contribution in [0.15, 0.2) is 24.3 Å². The van der Waals surface area contributed by atoms with E-state index in [4.69, 9.17) is 5.11 Å². The van der Waals surface area contributed by atoms with Crippen molar-refractivity contribution < 1.29 is 14.8 Å². The summed E-state index contributed by atoms with van der Waals surface area (Å²) in [5, 5.41) is 19.7. The fourth-order valence-corrected chi connectivity index (χ4v) is 2.30. The zero-order valence-electron chi connectivity index (χ0n) is 9.78. The molecule has 0 aliphatic carbocycles. The molecule has 0 radical (unpaired) electrons. The van der Waals surface area contributed by atoms with Crippen LogP contribution in [0.5, 0.6) is 0 Å².